The number of thioether (sulfide) groups is 1. The second-order valence-electron chi connectivity index (χ2n) is 5.66. The van der Waals surface area contributed by atoms with Crippen molar-refractivity contribution in [1.82, 2.24) is 14.9 Å². The molecule has 1 aliphatic rings. The van der Waals surface area contributed by atoms with E-state index >= 15 is 0 Å². The molecule has 1 unspecified atom stereocenters. The fraction of sp³-hybridized carbons (Fsp3) is 0.688. The number of amides is 1. The molecule has 0 spiro atoms. The van der Waals surface area contributed by atoms with Crippen LogP contribution in [-0.2, 0) is 20.7 Å². The lowest BCUT2D eigenvalue weighted by atomic mass is 10.3. The SMILES string of the molecule is CCCCCOC(=O)CN1C(=O)CSC1c1nc(CC)[nH]c1C. The van der Waals surface area contributed by atoms with E-state index in [1.165, 1.54) is 11.8 Å². The first-order chi connectivity index (χ1) is 11.1. The first kappa shape index (κ1) is 17.8. The number of nitrogens with one attached hydrogen (secondary N) is 1. The summed E-state index contributed by atoms with van der Waals surface area (Å²) in [7, 11) is 0. The molecule has 1 saturated heterocycles. The highest BCUT2D eigenvalue weighted by Crippen LogP contribution is 2.38. The number of aryl methyl sites for hydroxylation is 2. The number of carbonyl (C=O) groups excluding carboxylic acids is 2. The van der Waals surface area contributed by atoms with Gasteiger partial charge < -0.3 is 14.6 Å². The van der Waals surface area contributed by atoms with Crippen LogP contribution in [0, 0.1) is 6.92 Å². The number of imidazole rings is 1. The van der Waals surface area contributed by atoms with E-state index in [1.807, 2.05) is 13.8 Å². The predicted octanol–water partition coefficient (Wildman–Crippen LogP) is 2.59. The Hall–Kier alpha value is -1.50. The van der Waals surface area contributed by atoms with Crippen molar-refractivity contribution in [2.75, 3.05) is 18.9 Å². The van der Waals surface area contributed by atoms with Crippen LogP contribution in [0.15, 0.2) is 0 Å². The van der Waals surface area contributed by atoms with Gasteiger partial charge >= 0.3 is 5.97 Å². The first-order valence-electron chi connectivity index (χ1n) is 8.18. The van der Waals surface area contributed by atoms with Crippen LogP contribution in [0.4, 0.5) is 0 Å². The molecular weight excluding hydrogens is 314 g/mol. The Morgan fingerprint density at radius 1 is 1.43 bits per heavy atom. The van der Waals surface area contributed by atoms with Gasteiger partial charge in [-0.1, -0.05) is 26.7 Å². The van der Waals surface area contributed by atoms with Crippen LogP contribution in [0.2, 0.25) is 0 Å². The minimum Gasteiger partial charge on any atom is -0.464 e. The molecule has 1 aliphatic heterocycles. The number of esters is 1. The number of hydrogen-bond donors (Lipinski definition) is 1. The molecule has 1 atom stereocenters. The monoisotopic (exact) mass is 339 g/mol. The van der Waals surface area contributed by atoms with Crippen LogP contribution < -0.4 is 0 Å². The first-order valence-corrected chi connectivity index (χ1v) is 9.23. The maximum atomic E-state index is 12.1. The Bertz CT molecular complexity index is 559. The van der Waals surface area contributed by atoms with Gasteiger partial charge in [0.2, 0.25) is 5.91 Å². The van der Waals surface area contributed by atoms with Crippen molar-refractivity contribution in [2.24, 2.45) is 0 Å². The number of nitrogens with zero attached hydrogens (tertiary/aromatic N) is 2. The minimum absolute atomic E-state index is 0.00359. The molecule has 2 heterocycles. The maximum absolute atomic E-state index is 12.1. The van der Waals surface area contributed by atoms with Crippen LogP contribution in [0.3, 0.4) is 0 Å². The second-order valence-corrected chi connectivity index (χ2v) is 6.73. The summed E-state index contributed by atoms with van der Waals surface area (Å²) in [4.78, 5) is 33.5. The summed E-state index contributed by atoms with van der Waals surface area (Å²) < 4.78 is 5.22. The molecule has 0 radical (unpaired) electrons. The van der Waals surface area contributed by atoms with E-state index in [9.17, 15) is 9.59 Å². The van der Waals surface area contributed by atoms with Gasteiger partial charge in [-0.3, -0.25) is 9.59 Å². The number of carbonyl (C=O) groups is 2. The molecule has 7 heteroatoms. The topological polar surface area (TPSA) is 75.3 Å². The lowest BCUT2D eigenvalue weighted by Crippen LogP contribution is -2.34. The van der Waals surface area contributed by atoms with E-state index in [0.717, 1.165) is 42.9 Å². The third-order valence-corrected chi connectivity index (χ3v) is 5.03. The summed E-state index contributed by atoms with van der Waals surface area (Å²) in [6.07, 6.45) is 3.80. The Kier molecular flexibility index (Phi) is 6.50. The molecule has 23 heavy (non-hydrogen) atoms. The molecular formula is C16H25N3O3S. The smallest absolute Gasteiger partial charge is 0.325 e. The van der Waals surface area contributed by atoms with Crippen LogP contribution in [-0.4, -0.2) is 45.6 Å². The fourth-order valence-corrected chi connectivity index (χ4v) is 3.75. The van der Waals surface area contributed by atoms with Crippen molar-refractivity contribution in [3.8, 4) is 0 Å². The number of aromatic amines is 1. The van der Waals surface area contributed by atoms with Gasteiger partial charge in [0.15, 0.2) is 0 Å². The third-order valence-electron chi connectivity index (χ3n) is 3.82. The zero-order valence-electron chi connectivity index (χ0n) is 14.1. The van der Waals surface area contributed by atoms with Gasteiger partial charge in [0, 0.05) is 12.1 Å². The molecule has 1 aromatic rings. The zero-order valence-corrected chi connectivity index (χ0v) is 14.9. The van der Waals surface area contributed by atoms with E-state index < -0.39 is 0 Å². The molecule has 1 N–H and O–H groups in total. The zero-order chi connectivity index (χ0) is 16.8. The number of H-pyrrole nitrogens is 1. The van der Waals surface area contributed by atoms with Gasteiger partial charge in [-0.25, -0.2) is 4.98 Å². The summed E-state index contributed by atoms with van der Waals surface area (Å²) >= 11 is 1.51. The van der Waals surface area contributed by atoms with Crippen molar-refractivity contribution in [2.45, 2.75) is 51.8 Å². The molecule has 0 aromatic carbocycles. The molecule has 1 fully saturated rings. The number of aromatic nitrogens is 2. The average Bonchev–Trinajstić information content (AvgIpc) is 3.07. The van der Waals surface area contributed by atoms with Gasteiger partial charge in [-0.15, -0.1) is 11.8 Å². The molecule has 0 aliphatic carbocycles. The van der Waals surface area contributed by atoms with Crippen molar-refractivity contribution < 1.29 is 14.3 Å². The van der Waals surface area contributed by atoms with Crippen LogP contribution >= 0.6 is 11.8 Å². The Morgan fingerprint density at radius 2 is 2.22 bits per heavy atom. The maximum Gasteiger partial charge on any atom is 0.325 e. The average molecular weight is 339 g/mol. The lowest BCUT2D eigenvalue weighted by molar-refractivity contribution is -0.148. The molecule has 0 saturated carbocycles. The highest BCUT2D eigenvalue weighted by atomic mass is 32.2. The summed E-state index contributed by atoms with van der Waals surface area (Å²) in [6, 6.07) is 0. The Labute approximate surface area is 141 Å². The normalized spacial score (nSPS) is 17.8. The predicted molar refractivity (Wildman–Crippen MR) is 90.1 cm³/mol. The number of hydrogen-bond acceptors (Lipinski definition) is 5. The number of unbranched alkanes of at least 4 members (excludes halogenated alkanes) is 2. The largest absolute Gasteiger partial charge is 0.464 e. The van der Waals surface area contributed by atoms with Gasteiger partial charge in [0.1, 0.15) is 17.7 Å². The standard InChI is InChI=1S/C16H25N3O3S/c1-4-6-7-8-22-14(21)9-19-13(20)10-23-16(19)15-11(3)17-12(5-2)18-15/h16H,4-10H2,1-3H3,(H,17,18). The van der Waals surface area contributed by atoms with Crippen molar-refractivity contribution >= 4 is 23.6 Å². The highest BCUT2D eigenvalue weighted by Gasteiger charge is 2.36. The molecule has 6 nitrogen and oxygen atoms in total. The van der Waals surface area contributed by atoms with Gasteiger partial charge in [0.25, 0.3) is 0 Å². The summed E-state index contributed by atoms with van der Waals surface area (Å²) in [6.45, 7) is 6.50. The quantitative estimate of drug-likeness (QED) is 0.582. The number of ether oxygens (including phenoxy) is 1. The van der Waals surface area contributed by atoms with Gasteiger partial charge in [0.05, 0.1) is 18.1 Å². The molecule has 0 bridgehead atoms. The van der Waals surface area contributed by atoms with Crippen LogP contribution in [0.25, 0.3) is 0 Å². The summed E-state index contributed by atoms with van der Waals surface area (Å²) in [5.74, 6) is 0.901. The van der Waals surface area contributed by atoms with Crippen molar-refractivity contribution in [3.05, 3.63) is 17.2 Å². The van der Waals surface area contributed by atoms with Gasteiger partial charge in [-0.05, 0) is 13.3 Å². The van der Waals surface area contributed by atoms with E-state index in [1.54, 1.807) is 4.90 Å². The lowest BCUT2D eigenvalue weighted by Gasteiger charge is -2.22. The van der Waals surface area contributed by atoms with Crippen molar-refractivity contribution in [3.63, 3.8) is 0 Å². The Balaban J connectivity index is 1.99. The van der Waals surface area contributed by atoms with E-state index in [-0.39, 0.29) is 23.8 Å². The second kappa shape index (κ2) is 8.38. The van der Waals surface area contributed by atoms with E-state index in [0.29, 0.717) is 12.4 Å². The summed E-state index contributed by atoms with van der Waals surface area (Å²) in [5.41, 5.74) is 1.80. The molecule has 1 aromatic heterocycles. The van der Waals surface area contributed by atoms with E-state index in [4.69, 9.17) is 4.74 Å². The van der Waals surface area contributed by atoms with Crippen LogP contribution in [0.5, 0.6) is 0 Å². The number of rotatable bonds is 8. The summed E-state index contributed by atoms with van der Waals surface area (Å²) in [5, 5.41) is -0.206. The van der Waals surface area contributed by atoms with Crippen molar-refractivity contribution in [1.29, 1.82) is 0 Å². The highest BCUT2D eigenvalue weighted by molar-refractivity contribution is 8.00. The molecule has 128 valence electrons. The third kappa shape index (κ3) is 4.50. The van der Waals surface area contributed by atoms with Gasteiger partial charge in [-0.2, -0.15) is 0 Å². The minimum atomic E-state index is -0.342. The fourth-order valence-electron chi connectivity index (χ4n) is 2.52. The Morgan fingerprint density at radius 3 is 2.87 bits per heavy atom. The van der Waals surface area contributed by atoms with Crippen LogP contribution in [0.1, 0.15) is 55.7 Å². The molecule has 1 amide bonds. The molecule has 2 rings (SSSR count). The van der Waals surface area contributed by atoms with E-state index in [2.05, 4.69) is 16.9 Å².